The van der Waals surface area contributed by atoms with Crippen molar-refractivity contribution in [3.05, 3.63) is 0 Å². The first-order chi connectivity index (χ1) is 50.9. The monoisotopic (exact) mass is 1540 g/mol. The number of carbonyl (C=O) groups excluding carboxylic acids is 4. The summed E-state index contributed by atoms with van der Waals surface area (Å²) in [5, 5.41) is 10.7. The van der Waals surface area contributed by atoms with Gasteiger partial charge in [0.25, 0.3) is 0 Å². The highest BCUT2D eigenvalue weighted by molar-refractivity contribution is 7.47. The van der Waals surface area contributed by atoms with E-state index in [1.807, 2.05) is 0 Å². The summed E-state index contributed by atoms with van der Waals surface area (Å²) >= 11 is 0. The van der Waals surface area contributed by atoms with Gasteiger partial charge in [0.15, 0.2) is 12.2 Å². The van der Waals surface area contributed by atoms with Crippen LogP contribution in [0.5, 0.6) is 0 Å². The third-order valence-electron chi connectivity index (χ3n) is 20.2. The quantitative estimate of drug-likeness (QED) is 0.0222. The minimum Gasteiger partial charge on any atom is -0.462 e. The number of rotatable bonds is 85. The van der Waals surface area contributed by atoms with E-state index < -0.39 is 97.5 Å². The van der Waals surface area contributed by atoms with Gasteiger partial charge in [0.2, 0.25) is 0 Å². The van der Waals surface area contributed by atoms with Crippen LogP contribution in [0.3, 0.4) is 0 Å². The van der Waals surface area contributed by atoms with Crippen LogP contribution in [0.2, 0.25) is 0 Å². The van der Waals surface area contributed by atoms with Crippen LogP contribution in [-0.4, -0.2) is 96.7 Å². The Morgan fingerprint density at radius 3 is 0.648 bits per heavy atom. The molecule has 624 valence electrons. The minimum atomic E-state index is -4.97. The Hall–Kier alpha value is -1.94. The lowest BCUT2D eigenvalue weighted by Crippen LogP contribution is -2.30. The van der Waals surface area contributed by atoms with E-state index in [0.717, 1.165) is 102 Å². The lowest BCUT2D eigenvalue weighted by Gasteiger charge is -2.21. The van der Waals surface area contributed by atoms with Crippen LogP contribution in [0, 0.1) is 11.8 Å². The molecular weight excluding hydrogens is 1370 g/mol. The Morgan fingerprint density at radius 1 is 0.257 bits per heavy atom. The van der Waals surface area contributed by atoms with E-state index in [0.29, 0.717) is 25.7 Å². The molecule has 0 spiro atoms. The average Bonchev–Trinajstić information content (AvgIpc) is 0.916. The number of aliphatic hydroxyl groups is 1. The van der Waals surface area contributed by atoms with Crippen LogP contribution >= 0.6 is 15.6 Å². The molecule has 0 fully saturated rings. The smallest absolute Gasteiger partial charge is 0.462 e. The Bertz CT molecular complexity index is 2010. The molecule has 0 aromatic rings. The van der Waals surface area contributed by atoms with Gasteiger partial charge in [-0.2, -0.15) is 0 Å². The third kappa shape index (κ3) is 79.9. The molecule has 0 aliphatic heterocycles. The van der Waals surface area contributed by atoms with E-state index in [9.17, 15) is 43.2 Å². The van der Waals surface area contributed by atoms with Crippen LogP contribution in [0.4, 0.5) is 0 Å². The molecule has 0 heterocycles. The molecule has 19 heteroatoms. The first-order valence-electron chi connectivity index (χ1n) is 44.5. The second kappa shape index (κ2) is 77.4. The van der Waals surface area contributed by atoms with Crippen LogP contribution in [0.15, 0.2) is 0 Å². The highest BCUT2D eigenvalue weighted by atomic mass is 31.2. The lowest BCUT2D eigenvalue weighted by atomic mass is 10.0. The van der Waals surface area contributed by atoms with E-state index in [2.05, 4.69) is 41.5 Å². The molecular formula is C86H168O17P2. The Morgan fingerprint density at radius 2 is 0.438 bits per heavy atom. The molecule has 5 atom stereocenters. The minimum absolute atomic E-state index is 0.108. The van der Waals surface area contributed by atoms with Crippen LogP contribution < -0.4 is 0 Å². The van der Waals surface area contributed by atoms with Crippen molar-refractivity contribution in [3.63, 3.8) is 0 Å². The molecule has 0 aliphatic carbocycles. The lowest BCUT2D eigenvalue weighted by molar-refractivity contribution is -0.161. The van der Waals surface area contributed by atoms with Crippen molar-refractivity contribution in [2.45, 2.75) is 477 Å². The summed E-state index contributed by atoms with van der Waals surface area (Å²) in [5.41, 5.74) is 0. The van der Waals surface area contributed by atoms with Gasteiger partial charge >= 0.3 is 39.5 Å². The highest BCUT2D eigenvalue weighted by Crippen LogP contribution is 2.45. The van der Waals surface area contributed by atoms with Crippen molar-refractivity contribution in [2.24, 2.45) is 11.8 Å². The largest absolute Gasteiger partial charge is 0.472 e. The molecule has 0 rings (SSSR count). The first-order valence-corrected chi connectivity index (χ1v) is 47.5. The summed E-state index contributed by atoms with van der Waals surface area (Å²) < 4.78 is 68.9. The standard InChI is InChI=1S/C86H168O17P2/c1-7-9-11-13-15-17-19-20-21-22-23-28-34-40-46-52-58-64-70-85(90)102-81(74-96-83(88)68-62-56-50-44-36-18-16-14-12-10-8-2)76-100-104(92,93)98-72-80(87)73-99-105(94,95)101-77-82(103-86(91)71-65-59-53-47-41-35-30-25-27-32-38-43-49-55-61-67-79(5)6)75-97-84(89)69-63-57-51-45-39-33-29-24-26-31-37-42-48-54-60-66-78(3)4/h78-82,87H,7-77H2,1-6H3,(H,92,93)(H,94,95)/t80-,81+,82+/m0/s1. The first kappa shape index (κ1) is 103. The number of esters is 4. The van der Waals surface area contributed by atoms with Gasteiger partial charge < -0.3 is 33.8 Å². The van der Waals surface area contributed by atoms with Crippen molar-refractivity contribution in [3.8, 4) is 0 Å². The van der Waals surface area contributed by atoms with Crippen molar-refractivity contribution < 1.29 is 80.2 Å². The molecule has 0 aliphatic rings. The fourth-order valence-corrected chi connectivity index (χ4v) is 15.0. The number of ether oxygens (including phenoxy) is 4. The molecule has 105 heavy (non-hydrogen) atoms. The number of aliphatic hydroxyl groups excluding tert-OH is 1. The Labute approximate surface area is 645 Å². The summed E-state index contributed by atoms with van der Waals surface area (Å²) in [6.45, 7) is 9.73. The van der Waals surface area contributed by atoms with Gasteiger partial charge in [-0.3, -0.25) is 37.3 Å². The van der Waals surface area contributed by atoms with E-state index >= 15 is 0 Å². The molecule has 0 saturated carbocycles. The van der Waals surface area contributed by atoms with E-state index in [4.69, 9.17) is 37.0 Å². The second-order valence-corrected chi connectivity index (χ2v) is 34.8. The molecule has 0 aromatic carbocycles. The number of carbonyl (C=O) groups is 4. The zero-order valence-electron chi connectivity index (χ0n) is 69.0. The molecule has 3 N–H and O–H groups in total. The fraction of sp³-hybridized carbons (Fsp3) is 0.953. The second-order valence-electron chi connectivity index (χ2n) is 31.9. The number of phosphoric ester groups is 2. The summed E-state index contributed by atoms with van der Waals surface area (Å²) in [5.74, 6) is -0.491. The van der Waals surface area contributed by atoms with Gasteiger partial charge in [0.05, 0.1) is 26.4 Å². The Balaban J connectivity index is 5.24. The number of hydrogen-bond donors (Lipinski definition) is 3. The van der Waals surface area contributed by atoms with Crippen molar-refractivity contribution in [1.82, 2.24) is 0 Å². The van der Waals surface area contributed by atoms with Gasteiger partial charge in [0.1, 0.15) is 19.3 Å². The number of unbranched alkanes of at least 4 members (excludes halogenated alkanes) is 55. The predicted octanol–water partition coefficient (Wildman–Crippen LogP) is 26.2. The van der Waals surface area contributed by atoms with Crippen molar-refractivity contribution in [1.29, 1.82) is 0 Å². The van der Waals surface area contributed by atoms with Gasteiger partial charge in [0, 0.05) is 25.7 Å². The van der Waals surface area contributed by atoms with Gasteiger partial charge in [-0.05, 0) is 37.5 Å². The van der Waals surface area contributed by atoms with E-state index in [1.54, 1.807) is 0 Å². The normalized spacial score (nSPS) is 13.8. The van der Waals surface area contributed by atoms with Crippen LogP contribution in [-0.2, 0) is 65.4 Å². The SMILES string of the molecule is CCCCCCCCCCCCCCCCCCCCC(=O)O[C@H](COC(=O)CCCCCCCCCCCCC)COP(=O)(O)OC[C@H](O)COP(=O)(O)OC[C@@H](COC(=O)CCCCCCCCCCCCCCCCCC(C)C)OC(=O)CCCCCCCCCCCCCCCCCC(C)C. The molecule has 0 aromatic heterocycles. The maximum atomic E-state index is 13.1. The zero-order valence-corrected chi connectivity index (χ0v) is 70.8. The summed E-state index contributed by atoms with van der Waals surface area (Å²) in [6.07, 6.45) is 69.3. The molecule has 0 bridgehead atoms. The molecule has 17 nitrogen and oxygen atoms in total. The molecule has 0 radical (unpaired) electrons. The summed E-state index contributed by atoms with van der Waals surface area (Å²) in [6, 6.07) is 0. The van der Waals surface area contributed by atoms with Crippen LogP contribution in [0.1, 0.15) is 459 Å². The van der Waals surface area contributed by atoms with Crippen molar-refractivity contribution >= 4 is 39.5 Å². The predicted molar refractivity (Wildman–Crippen MR) is 432 cm³/mol. The fourth-order valence-electron chi connectivity index (χ4n) is 13.4. The maximum Gasteiger partial charge on any atom is 0.472 e. The average molecular weight is 1540 g/mol. The zero-order chi connectivity index (χ0) is 77.1. The van der Waals surface area contributed by atoms with E-state index in [-0.39, 0.29) is 25.7 Å². The van der Waals surface area contributed by atoms with Gasteiger partial charge in [-0.15, -0.1) is 0 Å². The van der Waals surface area contributed by atoms with Crippen molar-refractivity contribution in [2.75, 3.05) is 39.6 Å². The number of phosphoric acid groups is 2. The third-order valence-corrected chi connectivity index (χ3v) is 22.1. The topological polar surface area (TPSA) is 237 Å². The van der Waals surface area contributed by atoms with Gasteiger partial charge in [-0.25, -0.2) is 9.13 Å². The van der Waals surface area contributed by atoms with Gasteiger partial charge in [-0.1, -0.05) is 408 Å². The molecule has 0 amide bonds. The highest BCUT2D eigenvalue weighted by Gasteiger charge is 2.30. The van der Waals surface area contributed by atoms with E-state index in [1.165, 1.54) is 276 Å². The summed E-state index contributed by atoms with van der Waals surface area (Å²) in [7, 11) is -9.93. The Kier molecular flexibility index (Phi) is 76.0. The van der Waals surface area contributed by atoms with Crippen LogP contribution in [0.25, 0.3) is 0 Å². The molecule has 0 saturated heterocycles. The molecule has 2 unspecified atom stereocenters. The summed E-state index contributed by atoms with van der Waals surface area (Å²) in [4.78, 5) is 73.2. The maximum absolute atomic E-state index is 13.1. The number of hydrogen-bond acceptors (Lipinski definition) is 15.